The van der Waals surface area contributed by atoms with Crippen LogP contribution in [0.4, 0.5) is 5.69 Å². The van der Waals surface area contributed by atoms with Crippen LogP contribution < -0.4 is 21.7 Å². The molecule has 0 unspecified atom stereocenters. The van der Waals surface area contributed by atoms with Gasteiger partial charge in [0.25, 0.3) is 5.19 Å². The van der Waals surface area contributed by atoms with Crippen molar-refractivity contribution in [1.29, 1.82) is 0 Å². The summed E-state index contributed by atoms with van der Waals surface area (Å²) in [7, 11) is 0. The van der Waals surface area contributed by atoms with E-state index in [-0.39, 0.29) is 31.9 Å². The summed E-state index contributed by atoms with van der Waals surface area (Å²) in [5.74, 6) is -0.137. The van der Waals surface area contributed by atoms with Crippen molar-refractivity contribution in [3.63, 3.8) is 0 Å². The molecule has 11 nitrogen and oxygen atoms in total. The Morgan fingerprint density at radius 2 is 1.75 bits per heavy atom. The van der Waals surface area contributed by atoms with Crippen LogP contribution in [0.25, 0.3) is 0 Å². The lowest BCUT2D eigenvalue weighted by atomic mass is 10.2. The Hall–Kier alpha value is -3.58. The summed E-state index contributed by atoms with van der Waals surface area (Å²) in [6.07, 6.45) is 0. The molecule has 0 saturated carbocycles. The Labute approximate surface area is 213 Å². The van der Waals surface area contributed by atoms with Crippen LogP contribution in [0.3, 0.4) is 0 Å². The maximum atomic E-state index is 13.3. The number of hydrogen-bond acceptors (Lipinski definition) is 9. The highest BCUT2D eigenvalue weighted by Crippen LogP contribution is 2.26. The van der Waals surface area contributed by atoms with Gasteiger partial charge in [0.1, 0.15) is 10.8 Å². The van der Waals surface area contributed by atoms with Gasteiger partial charge in [0.05, 0.1) is 12.2 Å². The first-order chi connectivity index (χ1) is 17.4. The molecule has 0 radical (unpaired) electrons. The molecule has 0 aliphatic heterocycles. The lowest BCUT2D eigenvalue weighted by Gasteiger charge is -2.15. The quantitative estimate of drug-likeness (QED) is 0.299. The molecular formula is C23H23ClN6O5S. The number of halogens is 1. The number of benzene rings is 2. The SMILES string of the molecule is Cc1nnc(Oc2ccc(/N=c3\[nH]c(=O)n(CC(CO)CO)c(=O)n3Cc3ccc(Cl)cc3)cc2)s1. The summed E-state index contributed by atoms with van der Waals surface area (Å²) in [4.78, 5) is 33.2. The molecule has 13 heteroatoms. The number of nitrogens with zero attached hydrogens (tertiary/aromatic N) is 5. The number of aromatic nitrogens is 5. The molecule has 2 heterocycles. The van der Waals surface area contributed by atoms with Crippen LogP contribution in [-0.2, 0) is 13.1 Å². The van der Waals surface area contributed by atoms with Crippen LogP contribution in [-0.4, -0.2) is 47.7 Å². The summed E-state index contributed by atoms with van der Waals surface area (Å²) >= 11 is 7.30. The maximum absolute atomic E-state index is 13.3. The fourth-order valence-electron chi connectivity index (χ4n) is 3.28. The second-order valence-electron chi connectivity index (χ2n) is 7.89. The summed E-state index contributed by atoms with van der Waals surface area (Å²) in [5.41, 5.74) is -0.0738. The van der Waals surface area contributed by atoms with Crippen LogP contribution in [0.2, 0.25) is 5.02 Å². The molecule has 0 bridgehead atoms. The minimum Gasteiger partial charge on any atom is -0.430 e. The molecule has 0 fully saturated rings. The van der Waals surface area contributed by atoms with E-state index in [9.17, 15) is 19.8 Å². The average Bonchev–Trinajstić information content (AvgIpc) is 3.28. The molecular weight excluding hydrogens is 508 g/mol. The Morgan fingerprint density at radius 1 is 1.06 bits per heavy atom. The van der Waals surface area contributed by atoms with Crippen molar-refractivity contribution in [3.8, 4) is 10.9 Å². The van der Waals surface area contributed by atoms with Crippen molar-refractivity contribution in [2.24, 2.45) is 10.9 Å². The second-order valence-corrected chi connectivity index (χ2v) is 9.47. The molecule has 4 rings (SSSR count). The van der Waals surface area contributed by atoms with E-state index in [0.717, 1.165) is 15.1 Å². The normalized spacial score (nSPS) is 11.9. The topological polar surface area (TPSA) is 148 Å². The molecule has 0 amide bonds. The largest absolute Gasteiger partial charge is 0.430 e. The lowest BCUT2D eigenvalue weighted by molar-refractivity contribution is 0.134. The van der Waals surface area contributed by atoms with E-state index >= 15 is 0 Å². The molecule has 0 spiro atoms. The zero-order valence-electron chi connectivity index (χ0n) is 19.2. The van der Waals surface area contributed by atoms with Crippen molar-refractivity contribution in [2.45, 2.75) is 20.0 Å². The van der Waals surface area contributed by atoms with Gasteiger partial charge < -0.3 is 14.9 Å². The number of aryl methyl sites for hydroxylation is 1. The highest BCUT2D eigenvalue weighted by atomic mass is 35.5. The third-order valence-electron chi connectivity index (χ3n) is 5.18. The minimum absolute atomic E-state index is 0.0363. The predicted octanol–water partition coefficient (Wildman–Crippen LogP) is 1.83. The van der Waals surface area contributed by atoms with E-state index in [0.29, 0.717) is 21.7 Å². The van der Waals surface area contributed by atoms with Crippen LogP contribution in [0.5, 0.6) is 10.9 Å². The van der Waals surface area contributed by atoms with Crippen molar-refractivity contribution >= 4 is 28.6 Å². The Bertz CT molecular complexity index is 1500. The van der Waals surface area contributed by atoms with Crippen molar-refractivity contribution in [2.75, 3.05) is 13.2 Å². The Kier molecular flexibility index (Phi) is 8.10. The zero-order chi connectivity index (χ0) is 25.7. The fraction of sp³-hybridized carbons (Fsp3) is 0.261. The number of aromatic amines is 1. The lowest BCUT2D eigenvalue weighted by Crippen LogP contribution is -2.51. The summed E-state index contributed by atoms with van der Waals surface area (Å²) in [5, 5.41) is 28.4. The van der Waals surface area contributed by atoms with Crippen molar-refractivity contribution in [3.05, 3.63) is 90.7 Å². The molecule has 0 atom stereocenters. The molecule has 188 valence electrons. The number of aliphatic hydroxyl groups is 2. The first-order valence-corrected chi connectivity index (χ1v) is 12.1. The van der Waals surface area contributed by atoms with Crippen LogP contribution in [0, 0.1) is 12.8 Å². The molecule has 2 aromatic heterocycles. The molecule has 3 N–H and O–H groups in total. The highest BCUT2D eigenvalue weighted by Gasteiger charge is 2.15. The molecule has 0 aliphatic carbocycles. The molecule has 0 aliphatic rings. The van der Waals surface area contributed by atoms with Gasteiger partial charge in [0, 0.05) is 30.7 Å². The van der Waals surface area contributed by atoms with Gasteiger partial charge in [0.2, 0.25) is 5.62 Å². The van der Waals surface area contributed by atoms with Crippen LogP contribution in [0.15, 0.2) is 63.1 Å². The van der Waals surface area contributed by atoms with E-state index in [2.05, 4.69) is 20.2 Å². The Morgan fingerprint density at radius 3 is 2.36 bits per heavy atom. The monoisotopic (exact) mass is 530 g/mol. The maximum Gasteiger partial charge on any atom is 0.335 e. The molecule has 0 saturated heterocycles. The van der Waals surface area contributed by atoms with Gasteiger partial charge in [-0.25, -0.2) is 19.1 Å². The highest BCUT2D eigenvalue weighted by molar-refractivity contribution is 7.13. The molecule has 2 aromatic carbocycles. The number of H-pyrrole nitrogens is 1. The first kappa shape index (κ1) is 25.5. The third-order valence-corrected chi connectivity index (χ3v) is 6.15. The summed E-state index contributed by atoms with van der Waals surface area (Å²) in [6.45, 7) is 1.02. The first-order valence-electron chi connectivity index (χ1n) is 10.9. The third kappa shape index (κ3) is 6.15. The molecule has 4 aromatic rings. The number of rotatable bonds is 9. The smallest absolute Gasteiger partial charge is 0.335 e. The van der Waals surface area contributed by atoms with Gasteiger partial charge in [-0.1, -0.05) is 40.2 Å². The van der Waals surface area contributed by atoms with Crippen molar-refractivity contribution in [1.82, 2.24) is 24.3 Å². The van der Waals surface area contributed by atoms with E-state index in [1.165, 1.54) is 15.9 Å². The van der Waals surface area contributed by atoms with Gasteiger partial charge in [-0.2, -0.15) is 0 Å². The zero-order valence-corrected chi connectivity index (χ0v) is 20.7. The van der Waals surface area contributed by atoms with Crippen molar-refractivity contribution < 1.29 is 14.9 Å². The van der Waals surface area contributed by atoms with Crippen LogP contribution >= 0.6 is 22.9 Å². The molecule has 36 heavy (non-hydrogen) atoms. The van der Waals surface area contributed by atoms with Gasteiger partial charge in [-0.05, 0) is 48.9 Å². The van der Waals surface area contributed by atoms with E-state index < -0.39 is 17.3 Å². The van der Waals surface area contributed by atoms with Gasteiger partial charge in [0.15, 0.2) is 0 Å². The number of ether oxygens (including phenoxy) is 1. The van der Waals surface area contributed by atoms with E-state index in [4.69, 9.17) is 16.3 Å². The number of aliphatic hydroxyl groups excluding tert-OH is 2. The van der Waals surface area contributed by atoms with Gasteiger partial charge >= 0.3 is 11.4 Å². The summed E-state index contributed by atoms with van der Waals surface area (Å²) in [6, 6.07) is 13.6. The van der Waals surface area contributed by atoms with Crippen LogP contribution in [0.1, 0.15) is 10.6 Å². The standard InChI is InChI=1S/C23H23ClN6O5S/c1-14-27-28-22(36-14)35-19-8-6-18(7-9-19)25-20-26-21(33)30(11-16(12-31)13-32)23(34)29(20)10-15-2-4-17(24)5-3-15/h2-9,16,31-32H,10-13H2,1H3,(H,25,26,33). The average molecular weight is 531 g/mol. The predicted molar refractivity (Wildman–Crippen MR) is 134 cm³/mol. The number of hydrogen-bond donors (Lipinski definition) is 3. The van der Waals surface area contributed by atoms with Gasteiger partial charge in [-0.3, -0.25) is 9.55 Å². The van der Waals surface area contributed by atoms with Gasteiger partial charge in [-0.15, -0.1) is 5.10 Å². The number of nitrogens with one attached hydrogen (secondary N) is 1. The fourth-order valence-corrected chi connectivity index (χ4v) is 3.96. The van der Waals surface area contributed by atoms with E-state index in [1.807, 2.05) is 6.92 Å². The second kappa shape index (κ2) is 11.4. The minimum atomic E-state index is -0.704. The summed E-state index contributed by atoms with van der Waals surface area (Å²) < 4.78 is 7.91. The van der Waals surface area contributed by atoms with E-state index in [1.54, 1.807) is 48.5 Å². The Balaban J connectivity index is 1.74.